The minimum atomic E-state index is -1.07. The van der Waals surface area contributed by atoms with Crippen LogP contribution in [0.1, 0.15) is 11.1 Å². The number of hydrazone groups is 2. The highest BCUT2D eigenvalue weighted by Gasteiger charge is 2.13. The zero-order chi connectivity index (χ0) is 23.7. The van der Waals surface area contributed by atoms with Gasteiger partial charge in [0.15, 0.2) is 23.0 Å². The van der Waals surface area contributed by atoms with Gasteiger partial charge in [-0.2, -0.15) is 10.2 Å². The van der Waals surface area contributed by atoms with Gasteiger partial charge in [0.1, 0.15) is 0 Å². The van der Waals surface area contributed by atoms with Crippen LogP contribution in [0.4, 0.5) is 0 Å². The molecular formula is C20H22N4O8. The van der Waals surface area contributed by atoms with Crippen LogP contribution in [0.15, 0.2) is 34.5 Å². The molecular weight excluding hydrogens is 424 g/mol. The molecule has 2 rings (SSSR count). The average Bonchev–Trinajstić information content (AvgIpc) is 2.80. The highest BCUT2D eigenvalue weighted by Crippen LogP contribution is 2.37. The van der Waals surface area contributed by atoms with E-state index in [0.717, 1.165) is 0 Å². The number of hydrogen-bond donors (Lipinski definition) is 4. The predicted molar refractivity (Wildman–Crippen MR) is 114 cm³/mol. The summed E-state index contributed by atoms with van der Waals surface area (Å²) in [5, 5.41) is 27.1. The van der Waals surface area contributed by atoms with Crippen molar-refractivity contribution in [3.05, 3.63) is 35.4 Å². The van der Waals surface area contributed by atoms with Crippen molar-refractivity contribution in [1.29, 1.82) is 0 Å². The minimum Gasteiger partial charge on any atom is -0.502 e. The molecule has 12 heteroatoms. The Morgan fingerprint density at radius 1 is 0.688 bits per heavy atom. The van der Waals surface area contributed by atoms with Gasteiger partial charge in [0.2, 0.25) is 11.5 Å². The number of ether oxygens (including phenoxy) is 4. The van der Waals surface area contributed by atoms with Crippen molar-refractivity contribution >= 4 is 24.2 Å². The van der Waals surface area contributed by atoms with E-state index in [9.17, 15) is 19.8 Å². The summed E-state index contributed by atoms with van der Waals surface area (Å²) in [6.45, 7) is 0. The van der Waals surface area contributed by atoms with Crippen LogP contribution in [0, 0.1) is 0 Å². The molecule has 0 radical (unpaired) electrons. The third-order valence-electron chi connectivity index (χ3n) is 3.97. The van der Waals surface area contributed by atoms with Crippen LogP contribution in [0.2, 0.25) is 0 Å². The molecule has 0 aromatic heterocycles. The molecule has 0 saturated heterocycles. The van der Waals surface area contributed by atoms with E-state index in [2.05, 4.69) is 10.2 Å². The highest BCUT2D eigenvalue weighted by molar-refractivity contribution is 6.35. The molecule has 0 bridgehead atoms. The second kappa shape index (κ2) is 11.1. The molecule has 0 unspecified atom stereocenters. The number of rotatable bonds is 8. The Balaban J connectivity index is 1.99. The summed E-state index contributed by atoms with van der Waals surface area (Å²) in [5.41, 5.74) is 4.95. The van der Waals surface area contributed by atoms with Crippen molar-refractivity contribution < 1.29 is 38.7 Å². The predicted octanol–water partition coefficient (Wildman–Crippen LogP) is 0.733. The number of nitrogens with one attached hydrogen (secondary N) is 2. The number of benzene rings is 2. The molecule has 0 aliphatic carbocycles. The van der Waals surface area contributed by atoms with Gasteiger partial charge in [-0.1, -0.05) is 0 Å². The number of phenols is 2. The number of amides is 2. The first kappa shape index (κ1) is 23.8. The second-order valence-corrected chi connectivity index (χ2v) is 5.95. The number of carbonyl (C=O) groups excluding carboxylic acids is 2. The van der Waals surface area contributed by atoms with Crippen LogP contribution in [-0.2, 0) is 9.59 Å². The van der Waals surface area contributed by atoms with Crippen LogP contribution in [-0.4, -0.2) is 62.9 Å². The maximum absolute atomic E-state index is 11.8. The maximum Gasteiger partial charge on any atom is 0.331 e. The van der Waals surface area contributed by atoms with Gasteiger partial charge in [0.05, 0.1) is 40.9 Å². The maximum atomic E-state index is 11.8. The van der Waals surface area contributed by atoms with Crippen LogP contribution >= 0.6 is 0 Å². The minimum absolute atomic E-state index is 0.145. The standard InChI is InChI=1S/C20H22N4O8/c1-29-13-5-11(6-14(30-2)17(13)25)9-21-23-19(27)20(28)24-22-10-12-7-15(31-3)18(26)16(8-12)32-4/h5-10,25-26H,1-4H3,(H,23,27)(H,24,28)/b21-9+,22-10+. The SMILES string of the molecule is COc1cc(/C=N/NC(=O)C(=O)N/N=C/c2cc(OC)c(O)c(OC)c2)cc(OC)c1O. The first-order valence-electron chi connectivity index (χ1n) is 8.91. The lowest BCUT2D eigenvalue weighted by atomic mass is 10.2. The summed E-state index contributed by atoms with van der Waals surface area (Å²) in [6, 6.07) is 5.83. The molecule has 2 aromatic carbocycles. The Bertz CT molecular complexity index is 918. The summed E-state index contributed by atoms with van der Waals surface area (Å²) in [5.74, 6) is -1.93. The van der Waals surface area contributed by atoms with Crippen molar-refractivity contribution in [2.45, 2.75) is 0 Å². The average molecular weight is 446 g/mol. The highest BCUT2D eigenvalue weighted by atomic mass is 16.5. The van der Waals surface area contributed by atoms with E-state index in [4.69, 9.17) is 18.9 Å². The van der Waals surface area contributed by atoms with Crippen molar-refractivity contribution in [2.24, 2.45) is 10.2 Å². The molecule has 0 atom stereocenters. The normalized spacial score (nSPS) is 10.8. The Hall–Kier alpha value is -4.48. The summed E-state index contributed by atoms with van der Waals surface area (Å²) in [4.78, 5) is 23.7. The third-order valence-corrected chi connectivity index (χ3v) is 3.97. The van der Waals surface area contributed by atoms with Gasteiger partial charge in [0, 0.05) is 11.1 Å². The molecule has 4 N–H and O–H groups in total. The van der Waals surface area contributed by atoms with Crippen molar-refractivity contribution in [2.75, 3.05) is 28.4 Å². The number of aromatic hydroxyl groups is 2. The first-order chi connectivity index (χ1) is 15.3. The number of carbonyl (C=O) groups is 2. The van der Waals surface area contributed by atoms with Crippen molar-refractivity contribution in [3.8, 4) is 34.5 Å². The van der Waals surface area contributed by atoms with Crippen molar-refractivity contribution in [1.82, 2.24) is 10.9 Å². The lowest BCUT2D eigenvalue weighted by Gasteiger charge is -2.09. The molecule has 0 aliphatic rings. The number of methoxy groups -OCH3 is 4. The second-order valence-electron chi connectivity index (χ2n) is 5.95. The monoisotopic (exact) mass is 446 g/mol. The fourth-order valence-electron chi connectivity index (χ4n) is 2.41. The molecule has 0 fully saturated rings. The number of nitrogens with zero attached hydrogens (tertiary/aromatic N) is 2. The Morgan fingerprint density at radius 3 is 1.22 bits per heavy atom. The first-order valence-corrected chi connectivity index (χ1v) is 8.91. The molecule has 2 aromatic rings. The van der Waals surface area contributed by atoms with E-state index in [1.807, 2.05) is 10.9 Å². The molecule has 0 aliphatic heterocycles. The van der Waals surface area contributed by atoms with E-state index in [-0.39, 0.29) is 34.5 Å². The van der Waals surface area contributed by atoms with Gasteiger partial charge in [-0.25, -0.2) is 10.9 Å². The molecule has 32 heavy (non-hydrogen) atoms. The van der Waals surface area contributed by atoms with Crippen LogP contribution < -0.4 is 29.8 Å². The fourth-order valence-corrected chi connectivity index (χ4v) is 2.41. The molecule has 0 saturated carbocycles. The van der Waals surface area contributed by atoms with Crippen molar-refractivity contribution in [3.63, 3.8) is 0 Å². The fraction of sp³-hybridized carbons (Fsp3) is 0.200. The van der Waals surface area contributed by atoms with Crippen LogP contribution in [0.3, 0.4) is 0 Å². The zero-order valence-corrected chi connectivity index (χ0v) is 17.7. The molecule has 2 amide bonds. The lowest BCUT2D eigenvalue weighted by Crippen LogP contribution is -2.35. The molecule has 0 spiro atoms. The summed E-state index contributed by atoms with van der Waals surface area (Å²) in [6.07, 6.45) is 2.46. The van der Waals surface area contributed by atoms with Crippen LogP contribution in [0.5, 0.6) is 34.5 Å². The van der Waals surface area contributed by atoms with Crippen LogP contribution in [0.25, 0.3) is 0 Å². The van der Waals surface area contributed by atoms with Gasteiger partial charge < -0.3 is 29.2 Å². The largest absolute Gasteiger partial charge is 0.502 e. The zero-order valence-electron chi connectivity index (χ0n) is 17.7. The number of hydrogen-bond acceptors (Lipinski definition) is 10. The molecule has 170 valence electrons. The smallest absolute Gasteiger partial charge is 0.331 e. The van der Waals surface area contributed by atoms with Gasteiger partial charge in [-0.05, 0) is 24.3 Å². The summed E-state index contributed by atoms with van der Waals surface area (Å²) in [7, 11) is 5.47. The van der Waals surface area contributed by atoms with E-state index < -0.39 is 11.8 Å². The van der Waals surface area contributed by atoms with E-state index in [0.29, 0.717) is 11.1 Å². The number of phenolic OH excluding ortho intramolecular Hbond substituents is 2. The Morgan fingerprint density at radius 2 is 0.969 bits per heavy atom. The molecule has 0 heterocycles. The van der Waals surface area contributed by atoms with E-state index in [1.54, 1.807) is 0 Å². The molecule has 12 nitrogen and oxygen atoms in total. The topological polar surface area (TPSA) is 160 Å². The Labute approximate surface area is 183 Å². The lowest BCUT2D eigenvalue weighted by molar-refractivity contribution is -0.139. The van der Waals surface area contributed by atoms with Gasteiger partial charge in [0.25, 0.3) is 0 Å². The van der Waals surface area contributed by atoms with E-state index in [1.165, 1.54) is 65.1 Å². The Kier molecular flexibility index (Phi) is 8.22. The third kappa shape index (κ3) is 5.78. The van der Waals surface area contributed by atoms with E-state index >= 15 is 0 Å². The quantitative estimate of drug-likeness (QED) is 0.262. The van der Waals surface area contributed by atoms with Gasteiger partial charge in [-0.3, -0.25) is 9.59 Å². The van der Waals surface area contributed by atoms with Gasteiger partial charge >= 0.3 is 11.8 Å². The summed E-state index contributed by atoms with van der Waals surface area (Å²) < 4.78 is 20.1. The summed E-state index contributed by atoms with van der Waals surface area (Å²) >= 11 is 0. The van der Waals surface area contributed by atoms with Gasteiger partial charge in [-0.15, -0.1) is 0 Å².